The Morgan fingerprint density at radius 1 is 1.35 bits per heavy atom. The number of piperidine rings is 1. The highest BCUT2D eigenvalue weighted by atomic mass is 16.5. The average molecular weight is 280 g/mol. The third-order valence-electron chi connectivity index (χ3n) is 4.39. The molecule has 1 aliphatic rings. The normalized spacial score (nSPS) is 18.1. The Morgan fingerprint density at radius 3 is 2.35 bits per heavy atom. The van der Waals surface area contributed by atoms with Crippen molar-refractivity contribution in [2.45, 2.75) is 40.0 Å². The van der Waals surface area contributed by atoms with Gasteiger partial charge in [0.05, 0.1) is 11.1 Å². The minimum atomic E-state index is -0.760. The number of likely N-dealkylation sites (tertiary alicyclic amines) is 1. The number of amides is 1. The molecule has 110 valence electrons. The van der Waals surface area contributed by atoms with Crippen LogP contribution < -0.4 is 0 Å². The second-order valence-electron chi connectivity index (χ2n) is 5.43. The molecule has 6 nitrogen and oxygen atoms in total. The van der Waals surface area contributed by atoms with E-state index in [1.54, 1.807) is 18.7 Å². The van der Waals surface area contributed by atoms with Crippen LogP contribution in [0, 0.1) is 19.3 Å². The van der Waals surface area contributed by atoms with Crippen molar-refractivity contribution in [1.29, 1.82) is 0 Å². The zero-order chi connectivity index (χ0) is 14.9. The van der Waals surface area contributed by atoms with Gasteiger partial charge in [-0.3, -0.25) is 9.59 Å². The highest BCUT2D eigenvalue weighted by molar-refractivity contribution is 5.96. The van der Waals surface area contributed by atoms with Crippen LogP contribution in [-0.2, 0) is 4.79 Å². The number of carbonyl (C=O) groups is 2. The Morgan fingerprint density at radius 2 is 1.95 bits per heavy atom. The molecule has 1 aliphatic heterocycles. The zero-order valence-electron chi connectivity index (χ0n) is 12.1. The van der Waals surface area contributed by atoms with Gasteiger partial charge in [0.15, 0.2) is 0 Å². The van der Waals surface area contributed by atoms with Crippen molar-refractivity contribution < 1.29 is 19.2 Å². The lowest BCUT2D eigenvalue weighted by Crippen LogP contribution is -2.46. The average Bonchev–Trinajstić information content (AvgIpc) is 2.77. The minimum Gasteiger partial charge on any atom is -0.481 e. The molecule has 0 unspecified atom stereocenters. The summed E-state index contributed by atoms with van der Waals surface area (Å²) in [5, 5.41) is 13.1. The highest BCUT2D eigenvalue weighted by Crippen LogP contribution is 2.35. The Balaban J connectivity index is 2.12. The molecule has 0 atom stereocenters. The van der Waals surface area contributed by atoms with Crippen LogP contribution in [0.1, 0.15) is 48.0 Å². The predicted molar refractivity (Wildman–Crippen MR) is 71.5 cm³/mol. The monoisotopic (exact) mass is 280 g/mol. The fraction of sp³-hybridized carbons (Fsp3) is 0.643. The molecule has 0 radical (unpaired) electrons. The van der Waals surface area contributed by atoms with Crippen molar-refractivity contribution in [2.24, 2.45) is 5.41 Å². The molecule has 6 heteroatoms. The first-order valence-electron chi connectivity index (χ1n) is 6.87. The number of carboxylic acid groups (broad SMARTS) is 1. The van der Waals surface area contributed by atoms with E-state index in [0.717, 1.165) is 0 Å². The molecule has 1 amide bonds. The summed E-state index contributed by atoms with van der Waals surface area (Å²) in [6, 6.07) is 0. The van der Waals surface area contributed by atoms with Crippen molar-refractivity contribution in [2.75, 3.05) is 13.1 Å². The van der Waals surface area contributed by atoms with Crippen molar-refractivity contribution in [3.05, 3.63) is 17.0 Å². The van der Waals surface area contributed by atoms with E-state index >= 15 is 0 Å². The summed E-state index contributed by atoms with van der Waals surface area (Å²) >= 11 is 0. The predicted octanol–water partition coefficient (Wildman–Crippen LogP) is 2.01. The molecule has 0 spiro atoms. The molecular formula is C14H20N2O4. The second kappa shape index (κ2) is 5.26. The molecule has 1 aromatic heterocycles. The van der Waals surface area contributed by atoms with E-state index in [1.165, 1.54) is 0 Å². The molecule has 1 saturated heterocycles. The number of nitrogens with zero attached hydrogens (tertiary/aromatic N) is 2. The first-order valence-corrected chi connectivity index (χ1v) is 6.87. The SMILES string of the molecule is CCC1(C(=O)O)CCN(C(=O)c2c(C)noc2C)CC1. The summed E-state index contributed by atoms with van der Waals surface area (Å²) in [4.78, 5) is 25.5. The second-order valence-corrected chi connectivity index (χ2v) is 5.43. The van der Waals surface area contributed by atoms with Crippen LogP contribution >= 0.6 is 0 Å². The summed E-state index contributed by atoms with van der Waals surface area (Å²) in [7, 11) is 0. The standard InChI is InChI=1S/C14H20N2O4/c1-4-14(13(18)19)5-7-16(8-6-14)12(17)11-9(2)15-20-10(11)3/h4-8H2,1-3H3,(H,18,19). The number of rotatable bonds is 3. The fourth-order valence-corrected chi connectivity index (χ4v) is 2.80. The van der Waals surface area contributed by atoms with Crippen LogP contribution in [-0.4, -0.2) is 40.1 Å². The number of hydrogen-bond donors (Lipinski definition) is 1. The van der Waals surface area contributed by atoms with Crippen molar-refractivity contribution in [1.82, 2.24) is 10.1 Å². The number of aromatic nitrogens is 1. The van der Waals surface area contributed by atoms with E-state index in [1.807, 2.05) is 6.92 Å². The van der Waals surface area contributed by atoms with Gasteiger partial charge in [-0.05, 0) is 33.1 Å². The lowest BCUT2D eigenvalue weighted by molar-refractivity contribution is -0.152. The number of aryl methyl sites for hydroxylation is 2. The summed E-state index contributed by atoms with van der Waals surface area (Å²) < 4.78 is 5.02. The minimum absolute atomic E-state index is 0.114. The maximum atomic E-state index is 12.5. The van der Waals surface area contributed by atoms with Crippen LogP contribution in [0.2, 0.25) is 0 Å². The Bertz CT molecular complexity index is 508. The van der Waals surface area contributed by atoms with E-state index in [2.05, 4.69) is 5.16 Å². The summed E-state index contributed by atoms with van der Waals surface area (Å²) in [6.45, 7) is 6.26. The fourth-order valence-electron chi connectivity index (χ4n) is 2.80. The van der Waals surface area contributed by atoms with Gasteiger partial charge in [0.25, 0.3) is 5.91 Å². The van der Waals surface area contributed by atoms with Crippen molar-refractivity contribution in [3.63, 3.8) is 0 Å². The van der Waals surface area contributed by atoms with Crippen molar-refractivity contribution in [3.8, 4) is 0 Å². The lowest BCUT2D eigenvalue weighted by Gasteiger charge is -2.38. The third-order valence-corrected chi connectivity index (χ3v) is 4.39. The molecule has 0 bridgehead atoms. The van der Waals surface area contributed by atoms with Crippen molar-refractivity contribution >= 4 is 11.9 Å². The summed E-state index contributed by atoms with van der Waals surface area (Å²) in [5.41, 5.74) is 0.401. The number of carbonyl (C=O) groups excluding carboxylic acids is 1. The zero-order valence-corrected chi connectivity index (χ0v) is 12.1. The van der Waals surface area contributed by atoms with Gasteiger partial charge < -0.3 is 14.5 Å². The molecule has 1 aromatic rings. The molecule has 1 fully saturated rings. The molecular weight excluding hydrogens is 260 g/mol. The lowest BCUT2D eigenvalue weighted by atomic mass is 9.76. The Kier molecular flexibility index (Phi) is 3.83. The third kappa shape index (κ3) is 2.30. The van der Waals surface area contributed by atoms with E-state index in [9.17, 15) is 14.7 Å². The van der Waals surface area contributed by atoms with Gasteiger partial charge in [-0.15, -0.1) is 0 Å². The number of hydrogen-bond acceptors (Lipinski definition) is 4. The molecule has 0 saturated carbocycles. The molecule has 0 aromatic carbocycles. The largest absolute Gasteiger partial charge is 0.481 e. The van der Waals surface area contributed by atoms with E-state index in [-0.39, 0.29) is 5.91 Å². The topological polar surface area (TPSA) is 83.6 Å². The maximum absolute atomic E-state index is 12.5. The molecule has 0 aliphatic carbocycles. The van der Waals surface area contributed by atoms with E-state index < -0.39 is 11.4 Å². The summed E-state index contributed by atoms with van der Waals surface area (Å²) in [5.74, 6) is -0.362. The first kappa shape index (κ1) is 14.6. The number of carboxylic acids is 1. The van der Waals surface area contributed by atoms with Gasteiger partial charge in [-0.1, -0.05) is 12.1 Å². The van der Waals surface area contributed by atoms with Crippen LogP contribution in [0.3, 0.4) is 0 Å². The molecule has 2 heterocycles. The van der Waals surface area contributed by atoms with Gasteiger partial charge in [0, 0.05) is 13.1 Å². The Labute approximate surface area is 117 Å². The molecule has 2 rings (SSSR count). The van der Waals surface area contributed by atoms with Crippen LogP contribution in [0.4, 0.5) is 0 Å². The molecule has 1 N–H and O–H groups in total. The van der Waals surface area contributed by atoms with Gasteiger partial charge in [-0.25, -0.2) is 0 Å². The van der Waals surface area contributed by atoms with Gasteiger partial charge in [0.1, 0.15) is 11.3 Å². The van der Waals surface area contributed by atoms with E-state index in [4.69, 9.17) is 4.52 Å². The number of aliphatic carboxylic acids is 1. The maximum Gasteiger partial charge on any atom is 0.309 e. The van der Waals surface area contributed by atoms with Gasteiger partial charge >= 0.3 is 5.97 Å². The van der Waals surface area contributed by atoms with Crippen LogP contribution in [0.5, 0.6) is 0 Å². The van der Waals surface area contributed by atoms with E-state index in [0.29, 0.717) is 49.4 Å². The quantitative estimate of drug-likeness (QED) is 0.915. The Hall–Kier alpha value is -1.85. The van der Waals surface area contributed by atoms with Gasteiger partial charge in [0.2, 0.25) is 0 Å². The summed E-state index contributed by atoms with van der Waals surface area (Å²) in [6.07, 6.45) is 1.58. The van der Waals surface area contributed by atoms with Gasteiger partial charge in [-0.2, -0.15) is 0 Å². The first-order chi connectivity index (χ1) is 9.41. The highest BCUT2D eigenvalue weighted by Gasteiger charge is 2.41. The van der Waals surface area contributed by atoms with Crippen LogP contribution in [0.15, 0.2) is 4.52 Å². The molecule has 20 heavy (non-hydrogen) atoms. The smallest absolute Gasteiger partial charge is 0.309 e. The van der Waals surface area contributed by atoms with Crippen LogP contribution in [0.25, 0.3) is 0 Å².